The summed E-state index contributed by atoms with van der Waals surface area (Å²) in [6.07, 6.45) is 5.05. The lowest BCUT2D eigenvalue weighted by Crippen LogP contribution is -2.47. The number of hydrogen-bond acceptors (Lipinski definition) is 3. The molecule has 5 heteroatoms. The molecule has 2 heterocycles. The van der Waals surface area contributed by atoms with Gasteiger partial charge in [-0.1, -0.05) is 6.07 Å². The zero-order valence-electron chi connectivity index (χ0n) is 14.3. The molecule has 1 N–H and O–H groups in total. The van der Waals surface area contributed by atoms with Crippen molar-refractivity contribution in [2.24, 2.45) is 5.92 Å². The normalized spacial score (nSPS) is 21.6. The van der Waals surface area contributed by atoms with E-state index in [-0.39, 0.29) is 23.5 Å². The smallest absolute Gasteiger partial charge is 0.257 e. The molecule has 0 radical (unpaired) electrons. The molecule has 2 aliphatic heterocycles. The molecule has 0 unspecified atom stereocenters. The van der Waals surface area contributed by atoms with E-state index in [1.807, 2.05) is 17.9 Å². The number of aryl methyl sites for hydroxylation is 1. The molecule has 3 rings (SSSR count). The quantitative estimate of drug-likeness (QED) is 0.906. The summed E-state index contributed by atoms with van der Waals surface area (Å²) < 4.78 is 0. The van der Waals surface area contributed by atoms with Gasteiger partial charge < -0.3 is 14.9 Å². The number of amides is 2. The van der Waals surface area contributed by atoms with Crippen molar-refractivity contribution >= 4 is 11.8 Å². The third-order valence-electron chi connectivity index (χ3n) is 5.11. The average Bonchev–Trinajstić information content (AvgIpc) is 2.61. The number of piperidine rings is 2. The molecule has 24 heavy (non-hydrogen) atoms. The molecule has 0 bridgehead atoms. The third-order valence-corrected chi connectivity index (χ3v) is 5.11. The topological polar surface area (TPSA) is 60.9 Å². The van der Waals surface area contributed by atoms with Gasteiger partial charge >= 0.3 is 0 Å². The summed E-state index contributed by atoms with van der Waals surface area (Å²) in [5.74, 6) is -0.0677. The van der Waals surface area contributed by atoms with Crippen LogP contribution in [0.4, 0.5) is 0 Å². The Kier molecular flexibility index (Phi) is 5.07. The van der Waals surface area contributed by atoms with Crippen molar-refractivity contribution in [1.29, 1.82) is 0 Å². The van der Waals surface area contributed by atoms with Crippen molar-refractivity contribution in [3.8, 4) is 5.75 Å². The van der Waals surface area contributed by atoms with E-state index < -0.39 is 0 Å². The van der Waals surface area contributed by atoms with Gasteiger partial charge in [-0.05, 0) is 56.7 Å². The first kappa shape index (κ1) is 16.8. The van der Waals surface area contributed by atoms with E-state index in [1.54, 1.807) is 17.0 Å². The first-order valence-corrected chi connectivity index (χ1v) is 8.94. The van der Waals surface area contributed by atoms with Crippen LogP contribution in [0, 0.1) is 12.8 Å². The molecule has 2 amide bonds. The standard InChI is InChI=1S/C19H26N2O3/c1-14-7-8-16(17(22)12-14)19(24)21-11-5-6-15(13-21)18(23)20-9-3-2-4-10-20/h7-8,12,15,22H,2-6,9-11,13H2,1H3/t15-/m0/s1. The summed E-state index contributed by atoms with van der Waals surface area (Å²) in [6.45, 7) is 4.68. The van der Waals surface area contributed by atoms with Crippen LogP contribution in [0.25, 0.3) is 0 Å². The number of carbonyl (C=O) groups excluding carboxylic acids is 2. The second-order valence-electron chi connectivity index (χ2n) is 7.00. The van der Waals surface area contributed by atoms with Crippen LogP contribution >= 0.6 is 0 Å². The molecule has 0 saturated carbocycles. The highest BCUT2D eigenvalue weighted by Crippen LogP contribution is 2.25. The van der Waals surface area contributed by atoms with E-state index in [2.05, 4.69) is 0 Å². The second kappa shape index (κ2) is 7.24. The molecule has 130 valence electrons. The number of aromatic hydroxyl groups is 1. The number of likely N-dealkylation sites (tertiary alicyclic amines) is 2. The van der Waals surface area contributed by atoms with Crippen molar-refractivity contribution in [2.75, 3.05) is 26.2 Å². The van der Waals surface area contributed by atoms with E-state index >= 15 is 0 Å². The molecule has 2 fully saturated rings. The van der Waals surface area contributed by atoms with Crippen molar-refractivity contribution < 1.29 is 14.7 Å². The first-order valence-electron chi connectivity index (χ1n) is 8.94. The minimum absolute atomic E-state index is 0.0180. The molecular weight excluding hydrogens is 304 g/mol. The summed E-state index contributed by atoms with van der Waals surface area (Å²) in [4.78, 5) is 29.1. The Morgan fingerprint density at radius 3 is 2.46 bits per heavy atom. The van der Waals surface area contributed by atoms with Crippen LogP contribution in [-0.2, 0) is 4.79 Å². The van der Waals surface area contributed by atoms with Gasteiger partial charge in [0.2, 0.25) is 5.91 Å². The maximum atomic E-state index is 12.7. The Balaban J connectivity index is 1.68. The van der Waals surface area contributed by atoms with E-state index in [0.717, 1.165) is 44.3 Å². The molecular formula is C19H26N2O3. The maximum absolute atomic E-state index is 12.7. The fraction of sp³-hybridized carbons (Fsp3) is 0.579. The minimum atomic E-state index is -0.177. The van der Waals surface area contributed by atoms with Crippen LogP contribution in [0.5, 0.6) is 5.75 Å². The fourth-order valence-electron chi connectivity index (χ4n) is 3.73. The van der Waals surface area contributed by atoms with Gasteiger partial charge in [0.15, 0.2) is 0 Å². The summed E-state index contributed by atoms with van der Waals surface area (Å²) in [6, 6.07) is 5.10. The molecule has 0 spiro atoms. The average molecular weight is 330 g/mol. The highest BCUT2D eigenvalue weighted by Gasteiger charge is 2.32. The van der Waals surface area contributed by atoms with Gasteiger partial charge in [-0.2, -0.15) is 0 Å². The third kappa shape index (κ3) is 3.55. The van der Waals surface area contributed by atoms with Crippen molar-refractivity contribution in [3.05, 3.63) is 29.3 Å². The number of phenols is 1. The molecule has 1 aromatic carbocycles. The highest BCUT2D eigenvalue weighted by molar-refractivity contribution is 5.97. The lowest BCUT2D eigenvalue weighted by Gasteiger charge is -2.36. The van der Waals surface area contributed by atoms with Crippen molar-refractivity contribution in [3.63, 3.8) is 0 Å². The Morgan fingerprint density at radius 2 is 1.75 bits per heavy atom. The number of phenolic OH excluding ortho intramolecular Hbond substituents is 1. The summed E-state index contributed by atoms with van der Waals surface area (Å²) in [5, 5.41) is 10.0. The van der Waals surface area contributed by atoms with E-state index in [4.69, 9.17) is 0 Å². The predicted octanol–water partition coefficient (Wildman–Crippen LogP) is 2.57. The van der Waals surface area contributed by atoms with Gasteiger partial charge in [0.05, 0.1) is 11.5 Å². The Hall–Kier alpha value is -2.04. The molecule has 0 aliphatic carbocycles. The van der Waals surface area contributed by atoms with Crippen molar-refractivity contribution in [2.45, 2.75) is 39.0 Å². The summed E-state index contributed by atoms with van der Waals surface area (Å²) in [5.41, 5.74) is 1.24. The molecule has 2 saturated heterocycles. The van der Waals surface area contributed by atoms with Crippen LogP contribution in [0.15, 0.2) is 18.2 Å². The van der Waals surface area contributed by atoms with Gasteiger partial charge in [-0.25, -0.2) is 0 Å². The Bertz CT molecular complexity index is 623. The van der Waals surface area contributed by atoms with Crippen LogP contribution in [0.2, 0.25) is 0 Å². The van der Waals surface area contributed by atoms with Gasteiger partial charge in [-0.3, -0.25) is 9.59 Å². The van der Waals surface area contributed by atoms with Crippen LogP contribution < -0.4 is 0 Å². The predicted molar refractivity (Wildman–Crippen MR) is 91.9 cm³/mol. The maximum Gasteiger partial charge on any atom is 0.257 e. The zero-order valence-corrected chi connectivity index (χ0v) is 14.3. The van der Waals surface area contributed by atoms with Gasteiger partial charge in [0, 0.05) is 26.2 Å². The minimum Gasteiger partial charge on any atom is -0.507 e. The second-order valence-corrected chi connectivity index (χ2v) is 7.00. The largest absolute Gasteiger partial charge is 0.507 e. The van der Waals surface area contributed by atoms with Gasteiger partial charge in [-0.15, -0.1) is 0 Å². The number of benzene rings is 1. The van der Waals surface area contributed by atoms with E-state index in [0.29, 0.717) is 18.7 Å². The SMILES string of the molecule is Cc1ccc(C(=O)N2CCC[C@H](C(=O)N3CCCCC3)C2)c(O)c1. The van der Waals surface area contributed by atoms with Gasteiger partial charge in [0.25, 0.3) is 5.91 Å². The lowest BCUT2D eigenvalue weighted by atomic mass is 9.94. The first-order chi connectivity index (χ1) is 11.6. The fourth-order valence-corrected chi connectivity index (χ4v) is 3.73. The number of hydrogen-bond donors (Lipinski definition) is 1. The van der Waals surface area contributed by atoms with E-state index in [9.17, 15) is 14.7 Å². The molecule has 1 atom stereocenters. The molecule has 2 aliphatic rings. The van der Waals surface area contributed by atoms with Gasteiger partial charge in [0.1, 0.15) is 5.75 Å². The van der Waals surface area contributed by atoms with Crippen molar-refractivity contribution in [1.82, 2.24) is 9.80 Å². The lowest BCUT2D eigenvalue weighted by molar-refractivity contribution is -0.137. The molecule has 5 nitrogen and oxygen atoms in total. The molecule has 1 aromatic rings. The Labute approximate surface area is 143 Å². The van der Waals surface area contributed by atoms with Crippen LogP contribution in [0.1, 0.15) is 48.0 Å². The zero-order chi connectivity index (χ0) is 17.1. The number of rotatable bonds is 2. The monoisotopic (exact) mass is 330 g/mol. The highest BCUT2D eigenvalue weighted by atomic mass is 16.3. The summed E-state index contributed by atoms with van der Waals surface area (Å²) >= 11 is 0. The Morgan fingerprint density at radius 1 is 1.04 bits per heavy atom. The number of nitrogens with zero attached hydrogens (tertiary/aromatic N) is 2. The van der Waals surface area contributed by atoms with Crippen LogP contribution in [-0.4, -0.2) is 52.9 Å². The van der Waals surface area contributed by atoms with Crippen LogP contribution in [0.3, 0.4) is 0 Å². The summed E-state index contributed by atoms with van der Waals surface area (Å²) in [7, 11) is 0. The van der Waals surface area contributed by atoms with E-state index in [1.165, 1.54) is 6.42 Å². The number of carbonyl (C=O) groups is 2. The molecule has 0 aromatic heterocycles.